The van der Waals surface area contributed by atoms with Crippen molar-refractivity contribution in [2.75, 3.05) is 13.2 Å². The summed E-state index contributed by atoms with van der Waals surface area (Å²) < 4.78 is 39.1. The molecule has 0 aromatic carbocycles. The SMILES string of the molecule is CCC(=O)OCC1=C[C@H]2C(=O)O[C@H]3C[C@@H](C/C=C(\C)C[C@@H](C)/C=C/C=C4\CO[C@H]([C@@H]1O[Si](C)(C)C(C)(C)C)[C@@]42O)O[C@@]1(CC[C@H](C)[C@@H](CC)O1)C3. The summed E-state index contributed by atoms with van der Waals surface area (Å²) in [5.74, 6) is -2.18. The van der Waals surface area contributed by atoms with Crippen LogP contribution in [-0.4, -0.2) is 80.5 Å². The predicted molar refractivity (Wildman–Crippen MR) is 199 cm³/mol. The summed E-state index contributed by atoms with van der Waals surface area (Å²) >= 11 is 0. The van der Waals surface area contributed by atoms with Crippen LogP contribution in [0.15, 0.2) is 47.1 Å². The molecular weight excluding hydrogens is 665 g/mol. The lowest BCUT2D eigenvalue weighted by Crippen LogP contribution is -2.61. The Bertz CT molecular complexity index is 1410. The van der Waals surface area contributed by atoms with Crippen molar-refractivity contribution in [1.29, 1.82) is 0 Å². The molecule has 0 aromatic heterocycles. The largest absolute Gasteiger partial charge is 0.462 e. The van der Waals surface area contributed by atoms with Crippen LogP contribution in [0.1, 0.15) is 107 Å². The molecule has 1 N–H and O–H groups in total. The number of hydrogen-bond donors (Lipinski definition) is 1. The fourth-order valence-corrected chi connectivity index (χ4v) is 9.41. The average molecular weight is 729 g/mol. The third kappa shape index (κ3) is 8.67. The van der Waals surface area contributed by atoms with Gasteiger partial charge in [0.2, 0.25) is 0 Å². The zero-order valence-electron chi connectivity index (χ0n) is 32.8. The number of allylic oxidation sites excluding steroid dienone is 4. The Labute approximate surface area is 307 Å². The number of hydrogen-bond acceptors (Lipinski definition) is 9. The van der Waals surface area contributed by atoms with E-state index in [-0.39, 0.29) is 48.8 Å². The van der Waals surface area contributed by atoms with Gasteiger partial charge in [-0.3, -0.25) is 9.59 Å². The molecule has 0 aromatic rings. The molecule has 51 heavy (non-hydrogen) atoms. The number of carbonyl (C=O) groups excluding carboxylic acids is 2. The van der Waals surface area contributed by atoms with Crippen LogP contribution in [0.3, 0.4) is 0 Å². The van der Waals surface area contributed by atoms with Gasteiger partial charge in [-0.2, -0.15) is 0 Å². The van der Waals surface area contributed by atoms with Gasteiger partial charge in [0.15, 0.2) is 14.1 Å². The topological polar surface area (TPSA) is 110 Å². The number of fused-ring (bicyclic) bond motifs is 2. The lowest BCUT2D eigenvalue weighted by atomic mass is 9.70. The standard InChI is InChI=1S/C41H64O9Si/c1-11-34-28(5)18-19-40(49-34)23-32-22-31(48-40)17-16-27(4)20-26(3)14-13-15-30-25-46-37-36(50-51(9,10)39(6,7)8)29(24-45-35(42)12-2)21-33(38(43)47-32)41(30,37)44/h13-16,21,26,28,31-34,36-37,44H,11-12,17-20,22-25H2,1-10H3/b14-13+,27-16+,30-15+/t26-,28-,31+,32-,33-,34+,36+,37+,40+,41+/m0/s1. The van der Waals surface area contributed by atoms with Crippen LogP contribution in [0.4, 0.5) is 0 Å². The van der Waals surface area contributed by atoms with Crippen LogP contribution in [0.5, 0.6) is 0 Å². The maximum absolute atomic E-state index is 14.6. The molecule has 1 aliphatic carbocycles. The highest BCUT2D eigenvalue weighted by Crippen LogP contribution is 2.50. The van der Waals surface area contributed by atoms with E-state index in [0.717, 1.165) is 25.7 Å². The molecule has 286 valence electrons. The van der Waals surface area contributed by atoms with Gasteiger partial charge in [0.25, 0.3) is 0 Å². The molecule has 4 aliphatic heterocycles. The summed E-state index contributed by atoms with van der Waals surface area (Å²) in [6.45, 7) is 21.3. The number of rotatable bonds is 6. The first kappa shape index (κ1) is 40.1. The Balaban J connectivity index is 1.59. The number of carbonyl (C=O) groups is 2. The molecule has 10 heteroatoms. The number of esters is 2. The summed E-state index contributed by atoms with van der Waals surface area (Å²) in [6.07, 6.45) is 13.1. The molecule has 0 amide bonds. The highest BCUT2D eigenvalue weighted by atomic mass is 28.4. The van der Waals surface area contributed by atoms with Gasteiger partial charge in [0.05, 0.1) is 24.9 Å². The van der Waals surface area contributed by atoms with Crippen LogP contribution in [-0.2, 0) is 37.7 Å². The lowest BCUT2D eigenvalue weighted by Gasteiger charge is -2.50. The molecule has 0 unspecified atom stereocenters. The highest BCUT2D eigenvalue weighted by molar-refractivity contribution is 6.74. The molecule has 0 radical (unpaired) electrons. The fraction of sp³-hybridized carbons (Fsp3) is 0.756. The molecule has 1 spiro atoms. The van der Waals surface area contributed by atoms with Crippen molar-refractivity contribution in [1.82, 2.24) is 0 Å². The Morgan fingerprint density at radius 3 is 2.57 bits per heavy atom. The molecule has 10 atom stereocenters. The van der Waals surface area contributed by atoms with Crippen LogP contribution < -0.4 is 0 Å². The minimum Gasteiger partial charge on any atom is -0.462 e. The van der Waals surface area contributed by atoms with Crippen molar-refractivity contribution in [3.63, 3.8) is 0 Å². The van der Waals surface area contributed by atoms with Gasteiger partial charge < -0.3 is 33.2 Å². The summed E-state index contributed by atoms with van der Waals surface area (Å²) in [5, 5.41) is 12.8. The van der Waals surface area contributed by atoms with Gasteiger partial charge >= 0.3 is 11.9 Å². The number of ether oxygens (including phenoxy) is 5. The monoisotopic (exact) mass is 728 g/mol. The summed E-state index contributed by atoms with van der Waals surface area (Å²) in [5.41, 5.74) is 0.736. The molecule has 5 aliphatic rings. The summed E-state index contributed by atoms with van der Waals surface area (Å²) in [7, 11) is -2.45. The Morgan fingerprint density at radius 2 is 1.88 bits per heavy atom. The zero-order valence-corrected chi connectivity index (χ0v) is 33.8. The molecule has 3 saturated heterocycles. The number of aliphatic hydroxyl groups is 1. The van der Waals surface area contributed by atoms with E-state index in [2.05, 4.69) is 73.7 Å². The Morgan fingerprint density at radius 1 is 1.14 bits per heavy atom. The van der Waals surface area contributed by atoms with Gasteiger partial charge in [-0.1, -0.05) is 84.4 Å². The maximum atomic E-state index is 14.6. The first-order valence-electron chi connectivity index (χ1n) is 19.4. The van der Waals surface area contributed by atoms with E-state index in [1.807, 2.05) is 12.2 Å². The minimum atomic E-state index is -2.45. The normalized spacial score (nSPS) is 40.6. The second kappa shape index (κ2) is 15.7. The minimum absolute atomic E-state index is 0.0638. The molecule has 3 fully saturated rings. The van der Waals surface area contributed by atoms with Gasteiger partial charge in [0.1, 0.15) is 30.3 Å². The van der Waals surface area contributed by atoms with E-state index in [1.165, 1.54) is 5.57 Å². The van der Waals surface area contributed by atoms with Crippen LogP contribution in [0.25, 0.3) is 0 Å². The predicted octanol–water partition coefficient (Wildman–Crippen LogP) is 7.89. The smallest absolute Gasteiger partial charge is 0.316 e. The quantitative estimate of drug-likeness (QED) is 0.166. The van der Waals surface area contributed by atoms with Crippen LogP contribution in [0, 0.1) is 17.8 Å². The maximum Gasteiger partial charge on any atom is 0.316 e. The summed E-state index contributed by atoms with van der Waals surface area (Å²) in [4.78, 5) is 27.1. The molecule has 2 bridgehead atoms. The second-order valence-electron chi connectivity index (χ2n) is 17.4. The van der Waals surface area contributed by atoms with E-state index in [4.69, 9.17) is 28.1 Å². The van der Waals surface area contributed by atoms with Crippen molar-refractivity contribution in [3.05, 3.63) is 47.1 Å². The molecule has 0 saturated carbocycles. The van der Waals surface area contributed by atoms with E-state index in [0.29, 0.717) is 36.3 Å². The second-order valence-corrected chi connectivity index (χ2v) is 22.1. The third-order valence-corrected chi connectivity index (χ3v) is 16.7. The summed E-state index contributed by atoms with van der Waals surface area (Å²) in [6, 6.07) is 0. The van der Waals surface area contributed by atoms with Gasteiger partial charge in [0, 0.05) is 25.7 Å². The first-order chi connectivity index (χ1) is 23.9. The average Bonchev–Trinajstić information content (AvgIpc) is 3.39. The van der Waals surface area contributed by atoms with E-state index in [9.17, 15) is 14.7 Å². The highest BCUT2D eigenvalue weighted by Gasteiger charge is 2.62. The van der Waals surface area contributed by atoms with Crippen LogP contribution in [0.2, 0.25) is 18.1 Å². The molecule has 9 nitrogen and oxygen atoms in total. The molecule has 4 heterocycles. The van der Waals surface area contributed by atoms with Gasteiger partial charge in [-0.05, 0) is 73.7 Å². The molecular formula is C41H64O9Si. The fourth-order valence-electron chi connectivity index (χ4n) is 8.14. The van der Waals surface area contributed by atoms with E-state index < -0.39 is 49.9 Å². The van der Waals surface area contributed by atoms with Crippen molar-refractivity contribution >= 4 is 20.3 Å². The van der Waals surface area contributed by atoms with Gasteiger partial charge in [-0.25, -0.2) is 0 Å². The third-order valence-electron chi connectivity index (χ3n) is 12.3. The van der Waals surface area contributed by atoms with E-state index >= 15 is 0 Å². The lowest BCUT2D eigenvalue weighted by molar-refractivity contribution is -0.335. The Kier molecular flexibility index (Phi) is 12.4. The Hall–Kier alpha value is -2.08. The van der Waals surface area contributed by atoms with E-state index in [1.54, 1.807) is 13.0 Å². The van der Waals surface area contributed by atoms with Crippen molar-refractivity contribution in [3.8, 4) is 0 Å². The van der Waals surface area contributed by atoms with Crippen LogP contribution >= 0.6 is 0 Å². The van der Waals surface area contributed by atoms with Crippen molar-refractivity contribution in [2.45, 2.75) is 167 Å². The van der Waals surface area contributed by atoms with Gasteiger partial charge in [-0.15, -0.1) is 0 Å². The van der Waals surface area contributed by atoms with Crippen molar-refractivity contribution in [2.24, 2.45) is 17.8 Å². The molecule has 5 rings (SSSR count). The van der Waals surface area contributed by atoms with Crippen molar-refractivity contribution < 1.29 is 42.8 Å². The zero-order chi connectivity index (χ0) is 37.4. The first-order valence-corrected chi connectivity index (χ1v) is 22.3.